The number of carbonyl (C=O) groups excluding carboxylic acids is 3. The molecule has 6 heteroatoms. The van der Waals surface area contributed by atoms with E-state index in [4.69, 9.17) is 11.6 Å². The zero-order chi connectivity index (χ0) is 13.1. The average Bonchev–Trinajstić information content (AvgIpc) is 2.33. The molecule has 1 atom stereocenters. The Bertz CT molecular complexity index is 468. The third kappa shape index (κ3) is 2.79. The Hall–Kier alpha value is -1.62. The smallest absolute Gasteiger partial charge is 0.253 e. The number of rotatable bonds is 2. The predicted octanol–water partition coefficient (Wildman–Crippen LogP) is 0.751. The molecule has 2 N–H and O–H groups in total. The van der Waals surface area contributed by atoms with E-state index in [1.165, 1.54) is 0 Å². The minimum absolute atomic E-state index is 0.235. The molecule has 0 radical (unpaired) electrons. The molecule has 0 spiro atoms. The van der Waals surface area contributed by atoms with Gasteiger partial charge in [-0.15, -0.1) is 0 Å². The van der Waals surface area contributed by atoms with Gasteiger partial charge < -0.3 is 5.32 Å². The Labute approximate surface area is 109 Å². The first-order valence-corrected chi connectivity index (χ1v) is 6.15. The highest BCUT2D eigenvalue weighted by atomic mass is 35.5. The van der Waals surface area contributed by atoms with Gasteiger partial charge in [0.25, 0.3) is 5.91 Å². The number of piperidine rings is 1. The molecule has 1 heterocycles. The molecule has 0 aromatic carbocycles. The summed E-state index contributed by atoms with van der Waals surface area (Å²) in [6.07, 6.45) is 5.53. The highest BCUT2D eigenvalue weighted by molar-refractivity contribution is 6.32. The molecule has 1 aliphatic heterocycles. The van der Waals surface area contributed by atoms with Crippen molar-refractivity contribution in [2.45, 2.75) is 31.7 Å². The summed E-state index contributed by atoms with van der Waals surface area (Å²) in [5.41, 5.74) is 0.396. The monoisotopic (exact) mass is 268 g/mol. The SMILES string of the molecule is O=C1CCC(NC(=O)C2=C(Cl)CCC=C2)C(=O)N1. The quantitative estimate of drug-likeness (QED) is 0.726. The van der Waals surface area contributed by atoms with Crippen LogP contribution in [0.2, 0.25) is 0 Å². The van der Waals surface area contributed by atoms with Gasteiger partial charge in [-0.05, 0) is 19.3 Å². The number of hydrogen-bond donors (Lipinski definition) is 2. The number of nitrogens with one attached hydrogen (secondary N) is 2. The molecule has 0 aromatic heterocycles. The first-order chi connectivity index (χ1) is 8.58. The van der Waals surface area contributed by atoms with Crippen molar-refractivity contribution in [3.63, 3.8) is 0 Å². The minimum atomic E-state index is -0.664. The van der Waals surface area contributed by atoms with Crippen LogP contribution in [0.1, 0.15) is 25.7 Å². The highest BCUT2D eigenvalue weighted by Crippen LogP contribution is 2.22. The normalized spacial score (nSPS) is 23.9. The van der Waals surface area contributed by atoms with E-state index >= 15 is 0 Å². The fourth-order valence-corrected chi connectivity index (χ4v) is 2.16. The van der Waals surface area contributed by atoms with Gasteiger partial charge in [-0.2, -0.15) is 0 Å². The van der Waals surface area contributed by atoms with Crippen LogP contribution in [0.5, 0.6) is 0 Å². The van der Waals surface area contributed by atoms with Gasteiger partial charge in [-0.1, -0.05) is 23.8 Å². The minimum Gasteiger partial charge on any atom is -0.340 e. The van der Waals surface area contributed by atoms with Crippen molar-refractivity contribution in [3.05, 3.63) is 22.8 Å². The van der Waals surface area contributed by atoms with E-state index in [2.05, 4.69) is 10.6 Å². The van der Waals surface area contributed by atoms with Crippen molar-refractivity contribution in [1.82, 2.24) is 10.6 Å². The Balaban J connectivity index is 2.01. The molecular weight excluding hydrogens is 256 g/mol. The van der Waals surface area contributed by atoms with E-state index in [1.807, 2.05) is 6.08 Å². The van der Waals surface area contributed by atoms with Gasteiger partial charge >= 0.3 is 0 Å². The summed E-state index contributed by atoms with van der Waals surface area (Å²) in [6, 6.07) is -0.664. The van der Waals surface area contributed by atoms with Crippen LogP contribution in [-0.2, 0) is 14.4 Å². The molecule has 5 nitrogen and oxygen atoms in total. The van der Waals surface area contributed by atoms with Crippen LogP contribution in [0.4, 0.5) is 0 Å². The lowest BCUT2D eigenvalue weighted by molar-refractivity contribution is -0.136. The number of halogens is 1. The molecule has 0 saturated carbocycles. The molecule has 96 valence electrons. The molecule has 2 rings (SSSR count). The lowest BCUT2D eigenvalue weighted by Gasteiger charge is -2.22. The molecule has 0 aromatic rings. The lowest BCUT2D eigenvalue weighted by Crippen LogP contribution is -2.52. The van der Waals surface area contributed by atoms with E-state index in [-0.39, 0.29) is 18.2 Å². The fraction of sp³-hybridized carbons (Fsp3) is 0.417. The number of imide groups is 1. The fourth-order valence-electron chi connectivity index (χ4n) is 1.90. The van der Waals surface area contributed by atoms with Gasteiger partial charge in [0, 0.05) is 11.5 Å². The summed E-state index contributed by atoms with van der Waals surface area (Å²) >= 11 is 5.97. The predicted molar refractivity (Wildman–Crippen MR) is 65.6 cm³/mol. The highest BCUT2D eigenvalue weighted by Gasteiger charge is 2.28. The molecule has 1 saturated heterocycles. The Morgan fingerprint density at radius 1 is 1.39 bits per heavy atom. The van der Waals surface area contributed by atoms with Crippen LogP contribution in [0, 0.1) is 0 Å². The first kappa shape index (κ1) is 12.8. The number of allylic oxidation sites excluding steroid dienone is 2. The Morgan fingerprint density at radius 3 is 2.83 bits per heavy atom. The van der Waals surface area contributed by atoms with Gasteiger partial charge in [0.05, 0.1) is 5.57 Å². The summed E-state index contributed by atoms with van der Waals surface area (Å²) in [7, 11) is 0. The number of amides is 3. The second kappa shape index (κ2) is 5.35. The summed E-state index contributed by atoms with van der Waals surface area (Å²) in [5, 5.41) is 5.28. The molecule has 2 aliphatic rings. The number of hydrogen-bond acceptors (Lipinski definition) is 3. The maximum atomic E-state index is 11.9. The maximum absolute atomic E-state index is 11.9. The summed E-state index contributed by atoms with van der Waals surface area (Å²) in [6.45, 7) is 0. The average molecular weight is 269 g/mol. The summed E-state index contributed by atoms with van der Waals surface area (Å²) in [5.74, 6) is -1.14. The van der Waals surface area contributed by atoms with Crippen LogP contribution in [0.3, 0.4) is 0 Å². The zero-order valence-corrected chi connectivity index (χ0v) is 10.4. The van der Waals surface area contributed by atoms with E-state index in [0.29, 0.717) is 23.4 Å². The van der Waals surface area contributed by atoms with E-state index in [9.17, 15) is 14.4 Å². The topological polar surface area (TPSA) is 75.3 Å². The second-order valence-corrected chi connectivity index (χ2v) is 4.69. The van der Waals surface area contributed by atoms with Crippen LogP contribution in [0.25, 0.3) is 0 Å². The van der Waals surface area contributed by atoms with Crippen molar-refractivity contribution in [2.75, 3.05) is 0 Å². The van der Waals surface area contributed by atoms with Crippen molar-refractivity contribution < 1.29 is 14.4 Å². The summed E-state index contributed by atoms with van der Waals surface area (Å²) in [4.78, 5) is 34.4. The third-order valence-electron chi connectivity index (χ3n) is 2.90. The molecule has 1 aliphatic carbocycles. The van der Waals surface area contributed by atoms with Crippen molar-refractivity contribution in [2.24, 2.45) is 0 Å². The molecule has 1 fully saturated rings. The van der Waals surface area contributed by atoms with Crippen LogP contribution < -0.4 is 10.6 Å². The Kier molecular flexibility index (Phi) is 3.81. The van der Waals surface area contributed by atoms with E-state index < -0.39 is 11.9 Å². The molecular formula is C12H13ClN2O3. The molecule has 1 unspecified atom stereocenters. The van der Waals surface area contributed by atoms with Crippen LogP contribution in [0.15, 0.2) is 22.8 Å². The number of carbonyl (C=O) groups is 3. The zero-order valence-electron chi connectivity index (χ0n) is 9.66. The standard InChI is InChI=1S/C12H13ClN2O3/c13-8-4-2-1-3-7(8)11(17)14-9-5-6-10(16)15-12(9)18/h1,3,9H,2,4-6H2,(H,14,17)(H,15,16,18). The third-order valence-corrected chi connectivity index (χ3v) is 3.29. The summed E-state index contributed by atoms with van der Waals surface area (Å²) < 4.78 is 0. The van der Waals surface area contributed by atoms with Crippen LogP contribution >= 0.6 is 11.6 Å². The van der Waals surface area contributed by atoms with Gasteiger partial charge in [0.15, 0.2) is 0 Å². The molecule has 0 bridgehead atoms. The van der Waals surface area contributed by atoms with Gasteiger partial charge in [-0.25, -0.2) is 0 Å². The molecule has 3 amide bonds. The Morgan fingerprint density at radius 2 is 2.17 bits per heavy atom. The lowest BCUT2D eigenvalue weighted by atomic mass is 10.0. The largest absolute Gasteiger partial charge is 0.340 e. The van der Waals surface area contributed by atoms with E-state index in [1.54, 1.807) is 6.08 Å². The van der Waals surface area contributed by atoms with Crippen molar-refractivity contribution >= 4 is 29.3 Å². The van der Waals surface area contributed by atoms with Crippen molar-refractivity contribution in [3.8, 4) is 0 Å². The second-order valence-electron chi connectivity index (χ2n) is 4.24. The first-order valence-electron chi connectivity index (χ1n) is 5.77. The van der Waals surface area contributed by atoms with E-state index in [0.717, 1.165) is 6.42 Å². The van der Waals surface area contributed by atoms with Crippen molar-refractivity contribution in [1.29, 1.82) is 0 Å². The van der Waals surface area contributed by atoms with Gasteiger partial charge in [0.1, 0.15) is 6.04 Å². The van der Waals surface area contributed by atoms with Gasteiger partial charge in [0.2, 0.25) is 11.8 Å². The van der Waals surface area contributed by atoms with Crippen LogP contribution in [-0.4, -0.2) is 23.8 Å². The maximum Gasteiger partial charge on any atom is 0.253 e. The van der Waals surface area contributed by atoms with Gasteiger partial charge in [-0.3, -0.25) is 19.7 Å². The molecule has 18 heavy (non-hydrogen) atoms.